The number of nitrogens with zero attached hydrogens (tertiary/aromatic N) is 1. The van der Waals surface area contributed by atoms with E-state index in [9.17, 15) is 4.79 Å². The fourth-order valence-corrected chi connectivity index (χ4v) is 2.13. The second-order valence-corrected chi connectivity index (χ2v) is 5.38. The van der Waals surface area contributed by atoms with E-state index in [1.807, 2.05) is 31.2 Å². The summed E-state index contributed by atoms with van der Waals surface area (Å²) in [7, 11) is 1.74. The molecule has 0 saturated carbocycles. The van der Waals surface area contributed by atoms with Crippen LogP contribution in [0.1, 0.15) is 21.5 Å². The van der Waals surface area contributed by atoms with Gasteiger partial charge in [0.25, 0.3) is 5.91 Å². The Kier molecular flexibility index (Phi) is 4.74. The molecule has 1 amide bonds. The van der Waals surface area contributed by atoms with Crippen LogP contribution in [0.3, 0.4) is 0 Å². The zero-order valence-corrected chi connectivity index (χ0v) is 13.0. The topological polar surface area (TPSA) is 54.0 Å². The van der Waals surface area contributed by atoms with E-state index in [1.165, 1.54) is 5.56 Å². The molecule has 0 saturated heterocycles. The minimum Gasteiger partial charge on any atom is -0.372 e. The van der Waals surface area contributed by atoms with Crippen molar-refractivity contribution in [2.45, 2.75) is 13.5 Å². The first-order chi connectivity index (χ1) is 9.60. The lowest BCUT2D eigenvalue weighted by Crippen LogP contribution is -2.24. The van der Waals surface area contributed by atoms with E-state index in [0.29, 0.717) is 17.9 Å². The van der Waals surface area contributed by atoms with Crippen LogP contribution in [0.4, 0.5) is 5.82 Å². The van der Waals surface area contributed by atoms with Crippen LogP contribution in [0.2, 0.25) is 0 Å². The molecule has 0 radical (unpaired) electrons. The summed E-state index contributed by atoms with van der Waals surface area (Å²) < 4.78 is 0.775. The first kappa shape index (κ1) is 14.5. The molecule has 4 nitrogen and oxygen atoms in total. The number of carbonyl (C=O) groups is 1. The third kappa shape index (κ3) is 3.57. The van der Waals surface area contributed by atoms with Crippen molar-refractivity contribution in [1.29, 1.82) is 0 Å². The number of carbonyl (C=O) groups excluding carboxylic acids is 1. The van der Waals surface area contributed by atoms with Crippen molar-refractivity contribution in [3.05, 3.63) is 57.7 Å². The molecule has 0 aliphatic rings. The Balaban J connectivity index is 2.08. The molecule has 0 atom stereocenters. The van der Waals surface area contributed by atoms with Crippen LogP contribution in [0.15, 0.2) is 41.0 Å². The molecule has 5 heteroatoms. The Bertz CT molecular complexity index is 611. The normalized spacial score (nSPS) is 10.2. The summed E-state index contributed by atoms with van der Waals surface area (Å²) in [4.78, 5) is 16.4. The number of aryl methyl sites for hydroxylation is 1. The Morgan fingerprint density at radius 2 is 2.00 bits per heavy atom. The number of anilines is 1. The fourth-order valence-electron chi connectivity index (χ4n) is 1.80. The maximum atomic E-state index is 12.2. The first-order valence-electron chi connectivity index (χ1n) is 6.27. The van der Waals surface area contributed by atoms with Crippen LogP contribution in [0, 0.1) is 6.92 Å². The van der Waals surface area contributed by atoms with Gasteiger partial charge in [0.05, 0.1) is 5.56 Å². The zero-order valence-electron chi connectivity index (χ0n) is 11.4. The molecule has 1 aromatic heterocycles. The number of rotatable bonds is 4. The van der Waals surface area contributed by atoms with Crippen molar-refractivity contribution < 1.29 is 4.79 Å². The van der Waals surface area contributed by atoms with E-state index in [4.69, 9.17) is 0 Å². The third-order valence-electron chi connectivity index (χ3n) is 2.91. The smallest absolute Gasteiger partial charge is 0.255 e. The van der Waals surface area contributed by atoms with Gasteiger partial charge in [-0.25, -0.2) is 4.98 Å². The summed E-state index contributed by atoms with van der Waals surface area (Å²) in [6, 6.07) is 9.83. The molecule has 2 aromatic rings. The molecule has 0 aliphatic heterocycles. The minimum atomic E-state index is -0.149. The average Bonchev–Trinajstić information content (AvgIpc) is 2.46. The van der Waals surface area contributed by atoms with E-state index < -0.39 is 0 Å². The van der Waals surface area contributed by atoms with Gasteiger partial charge in [-0.1, -0.05) is 29.8 Å². The second-order valence-electron chi connectivity index (χ2n) is 4.47. The first-order valence-corrected chi connectivity index (χ1v) is 7.06. The molecule has 104 valence electrons. The number of pyridine rings is 1. The molecule has 0 fully saturated rings. The van der Waals surface area contributed by atoms with Crippen LogP contribution in [0.5, 0.6) is 0 Å². The molecule has 1 heterocycles. The number of amides is 1. The molecule has 2 N–H and O–H groups in total. The molecule has 2 rings (SSSR count). The van der Waals surface area contributed by atoms with Gasteiger partial charge in [0.2, 0.25) is 0 Å². The van der Waals surface area contributed by atoms with Crippen molar-refractivity contribution in [2.75, 3.05) is 12.4 Å². The maximum Gasteiger partial charge on any atom is 0.255 e. The van der Waals surface area contributed by atoms with E-state index in [1.54, 1.807) is 19.3 Å². The Morgan fingerprint density at radius 3 is 2.65 bits per heavy atom. The van der Waals surface area contributed by atoms with Crippen molar-refractivity contribution in [2.24, 2.45) is 0 Å². The summed E-state index contributed by atoms with van der Waals surface area (Å²) in [5.74, 6) is 0.415. The van der Waals surface area contributed by atoms with Crippen LogP contribution in [0.25, 0.3) is 0 Å². The van der Waals surface area contributed by atoms with Gasteiger partial charge in [-0.05, 0) is 34.5 Å². The summed E-state index contributed by atoms with van der Waals surface area (Å²) >= 11 is 3.33. The van der Waals surface area contributed by atoms with Crippen molar-refractivity contribution in [1.82, 2.24) is 10.3 Å². The highest BCUT2D eigenvalue weighted by Gasteiger charge is 2.12. The van der Waals surface area contributed by atoms with Gasteiger partial charge in [-0.2, -0.15) is 0 Å². The number of hydrogen-bond donors (Lipinski definition) is 2. The lowest BCUT2D eigenvalue weighted by atomic mass is 10.1. The molecule has 1 aromatic carbocycles. The highest BCUT2D eigenvalue weighted by Crippen LogP contribution is 2.17. The SMILES string of the molecule is CNc1ncc(Br)cc1C(=O)NCc1ccc(C)cc1. The van der Waals surface area contributed by atoms with Gasteiger partial charge in [0.1, 0.15) is 5.82 Å². The van der Waals surface area contributed by atoms with Crippen molar-refractivity contribution >= 4 is 27.7 Å². The quantitative estimate of drug-likeness (QED) is 0.903. The van der Waals surface area contributed by atoms with Crippen molar-refractivity contribution in [3.63, 3.8) is 0 Å². The fraction of sp³-hybridized carbons (Fsp3) is 0.200. The maximum absolute atomic E-state index is 12.2. The van der Waals surface area contributed by atoms with Gasteiger partial charge >= 0.3 is 0 Å². The van der Waals surface area contributed by atoms with E-state index in [0.717, 1.165) is 10.0 Å². The number of aromatic nitrogens is 1. The summed E-state index contributed by atoms with van der Waals surface area (Å²) in [5.41, 5.74) is 2.79. The summed E-state index contributed by atoms with van der Waals surface area (Å²) in [5, 5.41) is 5.81. The Morgan fingerprint density at radius 1 is 1.30 bits per heavy atom. The molecule has 0 bridgehead atoms. The summed E-state index contributed by atoms with van der Waals surface area (Å²) in [6.07, 6.45) is 1.66. The van der Waals surface area contributed by atoms with Gasteiger partial charge in [0.15, 0.2) is 0 Å². The number of hydrogen-bond acceptors (Lipinski definition) is 3. The molecule has 0 aliphatic carbocycles. The highest BCUT2D eigenvalue weighted by molar-refractivity contribution is 9.10. The lowest BCUT2D eigenvalue weighted by Gasteiger charge is -2.09. The lowest BCUT2D eigenvalue weighted by molar-refractivity contribution is 0.0951. The van der Waals surface area contributed by atoms with Gasteiger partial charge in [-0.3, -0.25) is 4.79 Å². The van der Waals surface area contributed by atoms with E-state index in [-0.39, 0.29) is 5.91 Å². The Hall–Kier alpha value is -1.88. The molecule has 0 spiro atoms. The molecule has 0 unspecified atom stereocenters. The van der Waals surface area contributed by atoms with E-state index in [2.05, 4.69) is 31.5 Å². The standard InChI is InChI=1S/C15H16BrN3O/c1-10-3-5-11(6-4-10)8-19-15(20)13-7-12(16)9-18-14(13)17-2/h3-7,9H,8H2,1-2H3,(H,17,18)(H,19,20). The van der Waals surface area contributed by atoms with Crippen molar-refractivity contribution in [3.8, 4) is 0 Å². The third-order valence-corrected chi connectivity index (χ3v) is 3.34. The minimum absolute atomic E-state index is 0.149. The largest absolute Gasteiger partial charge is 0.372 e. The number of halogens is 1. The molecular weight excluding hydrogens is 318 g/mol. The number of nitrogens with one attached hydrogen (secondary N) is 2. The monoisotopic (exact) mass is 333 g/mol. The molecular formula is C15H16BrN3O. The highest BCUT2D eigenvalue weighted by atomic mass is 79.9. The number of benzene rings is 1. The molecule has 20 heavy (non-hydrogen) atoms. The van der Waals surface area contributed by atoms with Crippen LogP contribution < -0.4 is 10.6 Å². The van der Waals surface area contributed by atoms with Crippen LogP contribution in [-0.2, 0) is 6.54 Å². The second kappa shape index (κ2) is 6.52. The Labute approximate surface area is 126 Å². The van der Waals surface area contributed by atoms with Gasteiger partial charge in [-0.15, -0.1) is 0 Å². The predicted molar refractivity (Wildman–Crippen MR) is 83.8 cm³/mol. The predicted octanol–water partition coefficient (Wildman–Crippen LogP) is 3.12. The zero-order chi connectivity index (χ0) is 14.5. The summed E-state index contributed by atoms with van der Waals surface area (Å²) in [6.45, 7) is 2.53. The van der Waals surface area contributed by atoms with Gasteiger partial charge in [0, 0.05) is 24.3 Å². The average molecular weight is 334 g/mol. The van der Waals surface area contributed by atoms with E-state index >= 15 is 0 Å². The van der Waals surface area contributed by atoms with Crippen LogP contribution >= 0.6 is 15.9 Å². The van der Waals surface area contributed by atoms with Crippen LogP contribution in [-0.4, -0.2) is 17.9 Å². The van der Waals surface area contributed by atoms with Gasteiger partial charge < -0.3 is 10.6 Å².